The lowest BCUT2D eigenvalue weighted by molar-refractivity contribution is -0.135. The summed E-state index contributed by atoms with van der Waals surface area (Å²) in [6.45, 7) is -0.717. The van der Waals surface area contributed by atoms with E-state index in [9.17, 15) is 24.3 Å². The van der Waals surface area contributed by atoms with Crippen LogP contribution in [0.3, 0.4) is 0 Å². The second-order valence-electron chi connectivity index (χ2n) is 6.70. The average molecular weight is 387 g/mol. The Morgan fingerprint density at radius 2 is 1.71 bits per heavy atom. The summed E-state index contributed by atoms with van der Waals surface area (Å²) in [6, 6.07) is 7.75. The first-order valence-electron chi connectivity index (χ1n) is 9.07. The van der Waals surface area contributed by atoms with Crippen LogP contribution in [0.5, 0.6) is 5.88 Å². The van der Waals surface area contributed by atoms with Crippen molar-refractivity contribution >= 4 is 11.9 Å². The van der Waals surface area contributed by atoms with Gasteiger partial charge in [-0.2, -0.15) is 0 Å². The standard InChI is InChI=1S/C19H21N3O6/c23-14(24)11-20-16(25)15-17(26)21(12-7-3-1-4-8-12)19(28)22(18(15)27)13-9-5-2-6-10-13/h1,3-4,7-8,13,27H,2,5-6,9-11H2,(H,20,25)(H,23,24). The van der Waals surface area contributed by atoms with Crippen molar-refractivity contribution in [1.82, 2.24) is 14.5 Å². The number of aromatic hydroxyl groups is 1. The highest BCUT2D eigenvalue weighted by Gasteiger charge is 2.29. The number of nitrogens with zero attached hydrogens (tertiary/aromatic N) is 2. The van der Waals surface area contributed by atoms with Crippen LogP contribution in [0.1, 0.15) is 48.5 Å². The van der Waals surface area contributed by atoms with Gasteiger partial charge in [-0.15, -0.1) is 0 Å². The van der Waals surface area contributed by atoms with E-state index in [2.05, 4.69) is 5.32 Å². The van der Waals surface area contributed by atoms with Gasteiger partial charge in [0.25, 0.3) is 11.5 Å². The molecule has 0 radical (unpaired) electrons. The molecule has 1 saturated carbocycles. The summed E-state index contributed by atoms with van der Waals surface area (Å²) in [5.74, 6) is -3.06. The minimum Gasteiger partial charge on any atom is -0.494 e. The van der Waals surface area contributed by atoms with Crippen LogP contribution in [0.2, 0.25) is 0 Å². The molecule has 1 aromatic heterocycles. The molecular formula is C19H21N3O6. The van der Waals surface area contributed by atoms with E-state index >= 15 is 0 Å². The van der Waals surface area contributed by atoms with Crippen molar-refractivity contribution in [2.75, 3.05) is 6.54 Å². The maximum atomic E-state index is 13.1. The summed E-state index contributed by atoms with van der Waals surface area (Å²) >= 11 is 0. The number of carbonyl (C=O) groups is 2. The molecule has 0 bridgehead atoms. The third kappa shape index (κ3) is 3.68. The molecule has 1 aliphatic carbocycles. The number of amides is 1. The van der Waals surface area contributed by atoms with E-state index in [-0.39, 0.29) is 11.7 Å². The Balaban J connectivity index is 2.24. The molecule has 148 valence electrons. The van der Waals surface area contributed by atoms with Gasteiger partial charge in [-0.3, -0.25) is 19.0 Å². The average Bonchev–Trinajstić information content (AvgIpc) is 2.68. The minimum atomic E-state index is -1.29. The highest BCUT2D eigenvalue weighted by Crippen LogP contribution is 2.30. The van der Waals surface area contributed by atoms with E-state index in [1.807, 2.05) is 0 Å². The van der Waals surface area contributed by atoms with E-state index < -0.39 is 41.1 Å². The van der Waals surface area contributed by atoms with Crippen LogP contribution in [0.15, 0.2) is 39.9 Å². The molecule has 1 amide bonds. The van der Waals surface area contributed by atoms with E-state index in [0.29, 0.717) is 12.8 Å². The Morgan fingerprint density at radius 3 is 2.32 bits per heavy atom. The number of para-hydroxylation sites is 1. The molecule has 0 unspecified atom stereocenters. The summed E-state index contributed by atoms with van der Waals surface area (Å²) < 4.78 is 1.92. The quantitative estimate of drug-likeness (QED) is 0.702. The zero-order valence-electron chi connectivity index (χ0n) is 15.1. The lowest BCUT2D eigenvalue weighted by Gasteiger charge is -2.26. The van der Waals surface area contributed by atoms with Gasteiger partial charge in [-0.25, -0.2) is 9.36 Å². The molecule has 0 aliphatic heterocycles. The van der Waals surface area contributed by atoms with E-state index in [0.717, 1.165) is 28.4 Å². The predicted molar refractivity (Wildman–Crippen MR) is 100 cm³/mol. The fourth-order valence-electron chi connectivity index (χ4n) is 3.53. The smallest absolute Gasteiger partial charge is 0.338 e. The maximum absolute atomic E-state index is 13.1. The number of carboxylic acids is 1. The van der Waals surface area contributed by atoms with Crippen molar-refractivity contribution < 1.29 is 19.8 Å². The van der Waals surface area contributed by atoms with Crippen molar-refractivity contribution in [1.29, 1.82) is 0 Å². The molecule has 0 saturated heterocycles. The van der Waals surface area contributed by atoms with Crippen LogP contribution in [0, 0.1) is 0 Å². The Labute approximate surface area is 159 Å². The van der Waals surface area contributed by atoms with E-state index in [1.54, 1.807) is 30.3 Å². The SMILES string of the molecule is O=C(O)CNC(=O)c1c(O)n(C2CCCCC2)c(=O)n(-c2ccccc2)c1=O. The fourth-order valence-corrected chi connectivity index (χ4v) is 3.53. The van der Waals surface area contributed by atoms with Crippen molar-refractivity contribution in [3.05, 3.63) is 56.7 Å². The summed E-state index contributed by atoms with van der Waals surface area (Å²) in [7, 11) is 0. The molecule has 0 spiro atoms. The minimum absolute atomic E-state index is 0.259. The van der Waals surface area contributed by atoms with Gasteiger partial charge in [0, 0.05) is 6.04 Å². The summed E-state index contributed by atoms with van der Waals surface area (Å²) in [4.78, 5) is 49.2. The number of aromatic nitrogens is 2. The number of aliphatic carboxylic acids is 1. The van der Waals surface area contributed by atoms with Gasteiger partial charge >= 0.3 is 11.7 Å². The monoisotopic (exact) mass is 387 g/mol. The molecule has 1 aromatic carbocycles. The number of benzene rings is 1. The first-order chi connectivity index (χ1) is 13.4. The maximum Gasteiger partial charge on any atom is 0.338 e. The molecule has 1 heterocycles. The third-order valence-electron chi connectivity index (χ3n) is 4.85. The molecule has 9 heteroatoms. The molecule has 28 heavy (non-hydrogen) atoms. The van der Waals surface area contributed by atoms with Crippen LogP contribution in [-0.4, -0.2) is 37.8 Å². The zero-order chi connectivity index (χ0) is 20.3. The molecule has 1 aliphatic rings. The normalized spacial score (nSPS) is 14.6. The third-order valence-corrected chi connectivity index (χ3v) is 4.85. The number of rotatable bonds is 5. The number of hydrogen-bond acceptors (Lipinski definition) is 5. The lowest BCUT2D eigenvalue weighted by atomic mass is 9.95. The number of carbonyl (C=O) groups excluding carboxylic acids is 1. The van der Waals surface area contributed by atoms with E-state index in [4.69, 9.17) is 5.11 Å². The number of nitrogens with one attached hydrogen (secondary N) is 1. The van der Waals surface area contributed by atoms with E-state index in [1.165, 1.54) is 0 Å². The van der Waals surface area contributed by atoms with Crippen LogP contribution in [0.4, 0.5) is 0 Å². The highest BCUT2D eigenvalue weighted by atomic mass is 16.4. The Bertz CT molecular complexity index is 1000. The fraction of sp³-hybridized carbons (Fsp3) is 0.368. The van der Waals surface area contributed by atoms with Gasteiger partial charge in [-0.1, -0.05) is 37.5 Å². The molecule has 0 atom stereocenters. The largest absolute Gasteiger partial charge is 0.494 e. The topological polar surface area (TPSA) is 131 Å². The van der Waals surface area contributed by atoms with Gasteiger partial charge in [0.2, 0.25) is 5.88 Å². The number of carboxylic acid groups (broad SMARTS) is 1. The Hall–Kier alpha value is -3.36. The molecular weight excluding hydrogens is 366 g/mol. The van der Waals surface area contributed by atoms with Crippen LogP contribution >= 0.6 is 0 Å². The first kappa shape index (κ1) is 19.4. The Morgan fingerprint density at radius 1 is 1.07 bits per heavy atom. The Kier molecular flexibility index (Phi) is 5.62. The zero-order valence-corrected chi connectivity index (χ0v) is 15.1. The molecule has 2 aromatic rings. The van der Waals surface area contributed by atoms with Gasteiger partial charge < -0.3 is 15.5 Å². The van der Waals surface area contributed by atoms with Gasteiger partial charge in [0.1, 0.15) is 6.54 Å². The second kappa shape index (κ2) is 8.12. The summed E-state index contributed by atoms with van der Waals surface area (Å²) in [6.07, 6.45) is 4.01. The highest BCUT2D eigenvalue weighted by molar-refractivity contribution is 5.97. The lowest BCUT2D eigenvalue weighted by Crippen LogP contribution is -2.45. The molecule has 1 fully saturated rings. The molecule has 3 rings (SSSR count). The van der Waals surface area contributed by atoms with Crippen molar-refractivity contribution in [3.63, 3.8) is 0 Å². The van der Waals surface area contributed by atoms with Crippen LogP contribution in [-0.2, 0) is 4.79 Å². The van der Waals surface area contributed by atoms with Crippen molar-refractivity contribution in [2.24, 2.45) is 0 Å². The van der Waals surface area contributed by atoms with Gasteiger partial charge in [-0.05, 0) is 25.0 Å². The first-order valence-corrected chi connectivity index (χ1v) is 9.07. The molecule has 9 nitrogen and oxygen atoms in total. The van der Waals surface area contributed by atoms with Gasteiger partial charge in [0.15, 0.2) is 5.56 Å². The number of hydrogen-bond donors (Lipinski definition) is 3. The molecule has 3 N–H and O–H groups in total. The predicted octanol–water partition coefficient (Wildman–Crippen LogP) is 1.02. The summed E-state index contributed by atoms with van der Waals surface area (Å²) in [5.41, 5.74) is -2.11. The second-order valence-corrected chi connectivity index (χ2v) is 6.70. The van der Waals surface area contributed by atoms with Crippen molar-refractivity contribution in [2.45, 2.75) is 38.1 Å². The van der Waals surface area contributed by atoms with Crippen LogP contribution in [0.25, 0.3) is 5.69 Å². The van der Waals surface area contributed by atoms with Crippen LogP contribution < -0.4 is 16.6 Å². The van der Waals surface area contributed by atoms with Crippen molar-refractivity contribution in [3.8, 4) is 11.6 Å². The van der Waals surface area contributed by atoms with Gasteiger partial charge in [0.05, 0.1) is 5.69 Å². The summed E-state index contributed by atoms with van der Waals surface area (Å²) in [5, 5.41) is 21.5.